The van der Waals surface area contributed by atoms with E-state index in [0.717, 1.165) is 32.8 Å². The minimum atomic E-state index is -1.82. The standard InChI is InChI=1S/C55H82O26/c1-20-17-71-55(48(68)42(20)78-50-41(67)39(65)38(64)34(16-56)76-50)21(2)36-33(81-55)15-30-28-10-9-26-13-27(60)14-35(54(26,8)29(28)11-12-53(30,36)7)77-51-46(44(32(62)19-70-51)79-49-40(66)37(63)31(61)18-69-49)80-52-47(75-25(6)59)45(74-24(5)58)43(22(3)72-52)73-23(4)57/h9,21-22,27-52,56,60-68H,1,10-19H2,2-8H3/t21-,22-,27+,28+,29-,30-,31+,32-,33-,34+,35+,36-,37-,38+,39-,40+,41+,42-,43-,44-,45+,46+,47+,48-,49-,50-,51-,52-,53-,54-,55-/m0/s1. The van der Waals surface area contributed by atoms with Crippen molar-refractivity contribution in [3.05, 3.63) is 23.8 Å². The first-order valence-electron chi connectivity index (χ1n) is 28.3. The van der Waals surface area contributed by atoms with Crippen molar-refractivity contribution in [2.75, 3.05) is 26.4 Å². The van der Waals surface area contributed by atoms with Crippen molar-refractivity contribution >= 4 is 17.9 Å². The Kier molecular flexibility index (Phi) is 17.7. The number of rotatable bonds is 12. The van der Waals surface area contributed by atoms with Crippen molar-refractivity contribution in [3.63, 3.8) is 0 Å². The predicted octanol–water partition coefficient (Wildman–Crippen LogP) is -2.14. The van der Waals surface area contributed by atoms with Gasteiger partial charge in [0, 0.05) is 38.5 Å². The van der Waals surface area contributed by atoms with Gasteiger partial charge in [-0.1, -0.05) is 39.0 Å². The van der Waals surface area contributed by atoms with Crippen LogP contribution >= 0.6 is 0 Å². The Morgan fingerprint density at radius 2 is 1.33 bits per heavy atom. The third-order valence-corrected chi connectivity index (χ3v) is 19.8. The Morgan fingerprint density at radius 1 is 0.691 bits per heavy atom. The molecule has 26 nitrogen and oxygen atoms in total. The van der Waals surface area contributed by atoms with Crippen LogP contribution in [0.2, 0.25) is 0 Å². The summed E-state index contributed by atoms with van der Waals surface area (Å²) in [4.78, 5) is 37.8. The molecular weight excluding hydrogens is 1080 g/mol. The number of aliphatic hydroxyl groups is 10. The molecule has 1 spiro atoms. The van der Waals surface area contributed by atoms with E-state index in [9.17, 15) is 65.4 Å². The second kappa shape index (κ2) is 23.4. The topological polar surface area (TPSA) is 374 Å². The molecule has 458 valence electrons. The van der Waals surface area contributed by atoms with Crippen LogP contribution in [0.5, 0.6) is 0 Å². The van der Waals surface area contributed by atoms with Gasteiger partial charge < -0.3 is 113 Å². The van der Waals surface area contributed by atoms with E-state index >= 15 is 0 Å². The van der Waals surface area contributed by atoms with Crippen LogP contribution in [-0.2, 0) is 76.0 Å². The van der Waals surface area contributed by atoms with E-state index in [4.69, 9.17) is 61.6 Å². The van der Waals surface area contributed by atoms with Gasteiger partial charge in [-0.05, 0) is 73.7 Å². The van der Waals surface area contributed by atoms with Crippen molar-refractivity contribution in [1.29, 1.82) is 0 Å². The molecule has 31 atom stereocenters. The average molecular weight is 1160 g/mol. The third-order valence-electron chi connectivity index (χ3n) is 19.8. The minimum Gasteiger partial charge on any atom is -0.456 e. The lowest BCUT2D eigenvalue weighted by atomic mass is 9.46. The molecule has 0 bridgehead atoms. The second-order valence-electron chi connectivity index (χ2n) is 24.6. The van der Waals surface area contributed by atoms with E-state index in [1.165, 1.54) is 6.92 Å². The highest BCUT2D eigenvalue weighted by Gasteiger charge is 2.72. The van der Waals surface area contributed by atoms with Crippen LogP contribution in [0.25, 0.3) is 0 Å². The molecule has 3 saturated carbocycles. The summed E-state index contributed by atoms with van der Waals surface area (Å²) >= 11 is 0. The van der Waals surface area contributed by atoms with Crippen LogP contribution in [-0.4, -0.2) is 242 Å². The molecule has 10 rings (SSSR count). The number of hydrogen-bond acceptors (Lipinski definition) is 26. The molecule has 0 amide bonds. The lowest BCUT2D eigenvalue weighted by Gasteiger charge is -2.60. The molecular formula is C55H82O26. The molecule has 0 radical (unpaired) electrons. The average Bonchev–Trinajstić information content (AvgIpc) is 4.14. The molecule has 0 unspecified atom stereocenters. The summed E-state index contributed by atoms with van der Waals surface area (Å²) in [6, 6.07) is 0. The van der Waals surface area contributed by atoms with Gasteiger partial charge in [0.05, 0.1) is 50.8 Å². The summed E-state index contributed by atoms with van der Waals surface area (Å²) in [6.07, 6.45) is -27.1. The minimum absolute atomic E-state index is 0.0369. The largest absolute Gasteiger partial charge is 0.456 e. The Labute approximate surface area is 468 Å². The summed E-state index contributed by atoms with van der Waals surface area (Å²) in [5.74, 6) is -4.42. The summed E-state index contributed by atoms with van der Waals surface area (Å²) in [7, 11) is 0. The number of carbonyl (C=O) groups excluding carboxylic acids is 3. The first-order chi connectivity index (χ1) is 38.2. The fourth-order valence-electron chi connectivity index (χ4n) is 15.9. The Balaban J connectivity index is 0.923. The van der Waals surface area contributed by atoms with Gasteiger partial charge in [0.25, 0.3) is 0 Å². The second-order valence-corrected chi connectivity index (χ2v) is 24.6. The number of carbonyl (C=O) groups is 3. The van der Waals surface area contributed by atoms with Crippen molar-refractivity contribution in [2.24, 2.45) is 40.4 Å². The third kappa shape index (κ3) is 10.7. The fourth-order valence-corrected chi connectivity index (χ4v) is 15.9. The van der Waals surface area contributed by atoms with Crippen molar-refractivity contribution < 1.29 is 127 Å². The molecule has 81 heavy (non-hydrogen) atoms. The van der Waals surface area contributed by atoms with E-state index in [1.54, 1.807) is 0 Å². The van der Waals surface area contributed by atoms with Gasteiger partial charge in [-0.25, -0.2) is 0 Å². The van der Waals surface area contributed by atoms with Crippen LogP contribution in [0.3, 0.4) is 0 Å². The van der Waals surface area contributed by atoms with Crippen LogP contribution in [0.1, 0.15) is 87.0 Å². The first kappa shape index (κ1) is 61.2. The van der Waals surface area contributed by atoms with Crippen molar-refractivity contribution in [1.82, 2.24) is 0 Å². The molecule has 6 heterocycles. The molecule has 0 aromatic heterocycles. The maximum Gasteiger partial charge on any atom is 0.303 e. The van der Waals surface area contributed by atoms with Crippen molar-refractivity contribution in [3.8, 4) is 0 Å². The van der Waals surface area contributed by atoms with Gasteiger partial charge in [-0.2, -0.15) is 0 Å². The highest BCUT2D eigenvalue weighted by molar-refractivity contribution is 5.68. The smallest absolute Gasteiger partial charge is 0.303 e. The lowest BCUT2D eigenvalue weighted by molar-refractivity contribution is -0.382. The van der Waals surface area contributed by atoms with E-state index in [-0.39, 0.29) is 48.2 Å². The molecule has 4 aliphatic carbocycles. The SMILES string of the molecule is C=C1CO[C@@]2(O[C@H]3C[C@H]4[C@@H]5CC=C6C[C@@H](O)C[C@@H](O[C@@H]7OC[C@H](O)[C@H](O[C@@H]8OC[C@@H](O)[C@H](O)[C@H]8O)[C@H]7O[C@@H]7O[C@@H](C)[C@H](OC(C)=O)[C@@H](OC(C)=O)[C@H]7OC(C)=O)[C@]6(C)[C@H]5CC[C@]4(C)[C@H]3[C@@H]2C)[C@@H](O)[C@H]1O[C@@H]1O[C@H](CO)[C@@H](O)[C@H](O)[C@H]1O. The molecule has 10 aliphatic rings. The lowest BCUT2D eigenvalue weighted by Crippen LogP contribution is -2.66. The number of hydrogen-bond donors (Lipinski definition) is 10. The number of fused-ring (bicyclic) bond motifs is 7. The normalized spacial score (nSPS) is 52.4. The summed E-state index contributed by atoms with van der Waals surface area (Å²) in [5.41, 5.74) is 0.203. The number of ether oxygens (including phenoxy) is 13. The van der Waals surface area contributed by atoms with E-state index < -0.39 is 190 Å². The van der Waals surface area contributed by atoms with E-state index in [2.05, 4.69) is 26.5 Å². The monoisotopic (exact) mass is 1160 g/mol. The summed E-state index contributed by atoms with van der Waals surface area (Å²) < 4.78 is 80.4. The number of allylic oxidation sites excluding steroid dienone is 1. The van der Waals surface area contributed by atoms with Gasteiger partial charge in [0.2, 0.25) is 5.79 Å². The fraction of sp³-hybridized carbons (Fsp3) is 0.873. The molecule has 9 fully saturated rings. The van der Waals surface area contributed by atoms with Gasteiger partial charge >= 0.3 is 17.9 Å². The number of esters is 3. The highest BCUT2D eigenvalue weighted by atomic mass is 16.8. The molecule has 6 saturated heterocycles. The van der Waals surface area contributed by atoms with Gasteiger partial charge in [-0.3, -0.25) is 14.4 Å². The Hall–Kier alpha value is -2.91. The zero-order chi connectivity index (χ0) is 58.5. The van der Waals surface area contributed by atoms with Gasteiger partial charge in [0.15, 0.2) is 43.5 Å². The molecule has 6 aliphatic heterocycles. The van der Waals surface area contributed by atoms with Crippen LogP contribution in [0.4, 0.5) is 0 Å². The van der Waals surface area contributed by atoms with Crippen LogP contribution < -0.4 is 0 Å². The summed E-state index contributed by atoms with van der Waals surface area (Å²) in [6.45, 7) is 13.7. The van der Waals surface area contributed by atoms with E-state index in [0.29, 0.717) is 31.3 Å². The quantitative estimate of drug-likeness (QED) is 0.0566. The molecule has 0 aromatic carbocycles. The molecule has 26 heteroatoms. The Bertz CT molecular complexity index is 2340. The highest BCUT2D eigenvalue weighted by Crippen LogP contribution is 2.71. The first-order valence-corrected chi connectivity index (χ1v) is 28.3. The molecule has 0 aromatic rings. The van der Waals surface area contributed by atoms with Gasteiger partial charge in [-0.15, -0.1) is 0 Å². The van der Waals surface area contributed by atoms with Crippen molar-refractivity contribution in [2.45, 2.75) is 234 Å². The zero-order valence-electron chi connectivity index (χ0n) is 46.5. The zero-order valence-corrected chi connectivity index (χ0v) is 46.5. The maximum absolute atomic E-state index is 12.8. The Morgan fingerprint density at radius 3 is 2.02 bits per heavy atom. The van der Waals surface area contributed by atoms with Gasteiger partial charge in [0.1, 0.15) is 73.2 Å². The van der Waals surface area contributed by atoms with E-state index in [1.807, 2.05) is 6.92 Å². The summed E-state index contributed by atoms with van der Waals surface area (Å²) in [5, 5.41) is 109. The number of aliphatic hydroxyl groups excluding tert-OH is 10. The molecule has 10 N–H and O–H groups in total. The van der Waals surface area contributed by atoms with Crippen LogP contribution in [0.15, 0.2) is 23.8 Å². The predicted molar refractivity (Wildman–Crippen MR) is 268 cm³/mol. The maximum atomic E-state index is 12.8. The van der Waals surface area contributed by atoms with Crippen LogP contribution in [0, 0.1) is 40.4 Å².